The average Bonchev–Trinajstić information content (AvgIpc) is 2.18. The summed E-state index contributed by atoms with van der Waals surface area (Å²) >= 11 is 0. The first-order valence-corrected chi connectivity index (χ1v) is 6.12. The van der Waals surface area contributed by atoms with Crippen LogP contribution >= 0.6 is 0 Å². The molecule has 1 atom stereocenters. The Balaban J connectivity index is 0. The van der Waals surface area contributed by atoms with Crippen LogP contribution in [0.4, 0.5) is 0 Å². The Kier molecular flexibility index (Phi) is 9.72. The van der Waals surface area contributed by atoms with E-state index >= 15 is 0 Å². The van der Waals surface area contributed by atoms with E-state index < -0.39 is 17.4 Å². The van der Waals surface area contributed by atoms with Crippen LogP contribution < -0.4 is 0 Å². The van der Waals surface area contributed by atoms with Gasteiger partial charge in [0.05, 0.1) is 11.3 Å². The molecule has 2 N–H and O–H groups in total. The molecule has 0 aliphatic rings. The Bertz CT molecular complexity index is 228. The fourth-order valence-electron chi connectivity index (χ4n) is 0.953. The normalized spacial score (nSPS) is 12.3. The number of unbranched alkanes of at least 4 members (excludes halogenated alkanes) is 1. The van der Waals surface area contributed by atoms with Crippen LogP contribution in [0.1, 0.15) is 60.3 Å². The van der Waals surface area contributed by atoms with Gasteiger partial charge < -0.3 is 10.2 Å². The highest BCUT2D eigenvalue weighted by molar-refractivity contribution is 5.72. The van der Waals surface area contributed by atoms with E-state index in [1.807, 2.05) is 6.92 Å². The summed E-state index contributed by atoms with van der Waals surface area (Å²) in [6, 6.07) is 0. The molecule has 0 radical (unpaired) electrons. The van der Waals surface area contributed by atoms with Crippen molar-refractivity contribution in [1.29, 1.82) is 0 Å². The van der Waals surface area contributed by atoms with Gasteiger partial charge in [0.15, 0.2) is 0 Å². The first kappa shape index (κ1) is 18.3. The van der Waals surface area contributed by atoms with Crippen molar-refractivity contribution in [2.24, 2.45) is 11.3 Å². The molecule has 0 bridgehead atoms. The highest BCUT2D eigenvalue weighted by Gasteiger charge is 2.18. The van der Waals surface area contributed by atoms with Crippen molar-refractivity contribution < 1.29 is 19.8 Å². The molecule has 0 rings (SSSR count). The number of rotatable bonds is 5. The predicted molar refractivity (Wildman–Crippen MR) is 68.0 cm³/mol. The number of carboxylic acid groups (broad SMARTS) is 2. The van der Waals surface area contributed by atoms with Crippen LogP contribution in [0.3, 0.4) is 0 Å². The van der Waals surface area contributed by atoms with Crippen molar-refractivity contribution in [1.82, 2.24) is 0 Å². The number of carboxylic acids is 2. The van der Waals surface area contributed by atoms with Gasteiger partial charge in [-0.2, -0.15) is 0 Å². The first-order chi connectivity index (χ1) is 7.66. The van der Waals surface area contributed by atoms with Gasteiger partial charge in [-0.25, -0.2) is 0 Å². The van der Waals surface area contributed by atoms with Gasteiger partial charge in [0.25, 0.3) is 0 Å². The lowest BCUT2D eigenvalue weighted by Crippen LogP contribution is -2.18. The van der Waals surface area contributed by atoms with Gasteiger partial charge >= 0.3 is 11.9 Å². The third-order valence-electron chi connectivity index (χ3n) is 2.39. The quantitative estimate of drug-likeness (QED) is 0.779. The van der Waals surface area contributed by atoms with Crippen molar-refractivity contribution in [3.05, 3.63) is 0 Å². The largest absolute Gasteiger partial charge is 0.481 e. The van der Waals surface area contributed by atoms with Crippen LogP contribution in [-0.4, -0.2) is 22.2 Å². The van der Waals surface area contributed by atoms with E-state index in [2.05, 4.69) is 6.92 Å². The van der Waals surface area contributed by atoms with Crippen LogP contribution in [0.5, 0.6) is 0 Å². The summed E-state index contributed by atoms with van der Waals surface area (Å²) in [6.07, 6.45) is 3.71. The Morgan fingerprint density at radius 2 is 1.53 bits per heavy atom. The monoisotopic (exact) mass is 246 g/mol. The lowest BCUT2D eigenvalue weighted by atomic mass is 9.98. The SMILES string of the molecule is CC(C)(C)C(=O)O.CCCCC(CC)C(=O)O. The van der Waals surface area contributed by atoms with Crippen LogP contribution in [-0.2, 0) is 9.59 Å². The molecule has 4 nitrogen and oxygen atoms in total. The van der Waals surface area contributed by atoms with Crippen molar-refractivity contribution in [2.45, 2.75) is 60.3 Å². The predicted octanol–water partition coefficient (Wildman–Crippen LogP) is 3.40. The number of aliphatic carboxylic acids is 2. The molecule has 0 heterocycles. The van der Waals surface area contributed by atoms with Gasteiger partial charge in [-0.15, -0.1) is 0 Å². The topological polar surface area (TPSA) is 74.6 Å². The van der Waals surface area contributed by atoms with Crippen LogP contribution in [0, 0.1) is 11.3 Å². The van der Waals surface area contributed by atoms with Gasteiger partial charge in [-0.3, -0.25) is 9.59 Å². The maximum absolute atomic E-state index is 10.4. The molecule has 0 aliphatic carbocycles. The van der Waals surface area contributed by atoms with E-state index in [-0.39, 0.29) is 5.92 Å². The first-order valence-electron chi connectivity index (χ1n) is 6.12. The zero-order valence-corrected chi connectivity index (χ0v) is 11.6. The number of carbonyl (C=O) groups is 2. The number of hydrogen-bond donors (Lipinski definition) is 2. The minimum atomic E-state index is -0.757. The van der Waals surface area contributed by atoms with E-state index in [9.17, 15) is 9.59 Å². The molecule has 4 heteroatoms. The molecule has 0 aromatic carbocycles. The molecule has 0 aromatic heterocycles. The van der Waals surface area contributed by atoms with Gasteiger partial charge in [0, 0.05) is 0 Å². The minimum absolute atomic E-state index is 0.111. The van der Waals surface area contributed by atoms with E-state index in [1.54, 1.807) is 20.8 Å². The Hall–Kier alpha value is -1.06. The zero-order valence-electron chi connectivity index (χ0n) is 11.6. The van der Waals surface area contributed by atoms with E-state index in [4.69, 9.17) is 10.2 Å². The molecule has 0 aliphatic heterocycles. The Morgan fingerprint density at radius 3 is 1.71 bits per heavy atom. The third kappa shape index (κ3) is 11.2. The summed E-state index contributed by atoms with van der Waals surface area (Å²) < 4.78 is 0. The van der Waals surface area contributed by atoms with Crippen molar-refractivity contribution in [2.75, 3.05) is 0 Å². The molecule has 1 unspecified atom stereocenters. The van der Waals surface area contributed by atoms with Gasteiger partial charge in [-0.05, 0) is 33.6 Å². The molecule has 102 valence electrons. The fraction of sp³-hybridized carbons (Fsp3) is 0.846. The summed E-state index contributed by atoms with van der Waals surface area (Å²) in [5.41, 5.74) is -0.583. The molecule has 0 amide bonds. The Labute approximate surface area is 104 Å². The maximum atomic E-state index is 10.4. The van der Waals surface area contributed by atoms with Crippen LogP contribution in [0.15, 0.2) is 0 Å². The van der Waals surface area contributed by atoms with Gasteiger partial charge in [-0.1, -0.05) is 26.7 Å². The average molecular weight is 246 g/mol. The maximum Gasteiger partial charge on any atom is 0.308 e. The second-order valence-corrected chi connectivity index (χ2v) is 5.14. The van der Waals surface area contributed by atoms with Crippen molar-refractivity contribution in [3.8, 4) is 0 Å². The molecular formula is C13H26O4. The molecule has 0 aromatic rings. The summed E-state index contributed by atoms with van der Waals surface area (Å²) in [5, 5.41) is 16.8. The van der Waals surface area contributed by atoms with Crippen molar-refractivity contribution >= 4 is 11.9 Å². The summed E-state index contributed by atoms with van der Waals surface area (Å²) in [7, 11) is 0. The third-order valence-corrected chi connectivity index (χ3v) is 2.39. The number of hydrogen-bond acceptors (Lipinski definition) is 2. The van der Waals surface area contributed by atoms with Gasteiger partial charge in [0.1, 0.15) is 0 Å². The smallest absolute Gasteiger partial charge is 0.308 e. The molecule has 0 fully saturated rings. The fourth-order valence-corrected chi connectivity index (χ4v) is 0.953. The van der Waals surface area contributed by atoms with Crippen LogP contribution in [0.25, 0.3) is 0 Å². The molecule has 0 saturated carbocycles. The summed E-state index contributed by atoms with van der Waals surface area (Å²) in [5.74, 6) is -1.51. The summed E-state index contributed by atoms with van der Waals surface area (Å²) in [4.78, 5) is 20.5. The van der Waals surface area contributed by atoms with E-state index in [0.29, 0.717) is 0 Å². The standard InChI is InChI=1S/C8H16O2.C5H10O2/c1-3-5-6-7(4-2)8(9)10;1-5(2,3)4(6)7/h7H,3-6H2,1-2H3,(H,9,10);1-3H3,(H,6,7). The summed E-state index contributed by atoms with van der Waals surface area (Å²) in [6.45, 7) is 8.99. The van der Waals surface area contributed by atoms with E-state index in [1.165, 1.54) is 0 Å². The molecule has 0 spiro atoms. The van der Waals surface area contributed by atoms with Gasteiger partial charge in [0.2, 0.25) is 0 Å². The molecule has 0 saturated heterocycles. The Morgan fingerprint density at radius 1 is 1.12 bits per heavy atom. The molecular weight excluding hydrogens is 220 g/mol. The zero-order chi connectivity index (χ0) is 14.1. The highest BCUT2D eigenvalue weighted by atomic mass is 16.4. The second kappa shape index (κ2) is 9.02. The highest BCUT2D eigenvalue weighted by Crippen LogP contribution is 2.12. The van der Waals surface area contributed by atoms with E-state index in [0.717, 1.165) is 25.7 Å². The minimum Gasteiger partial charge on any atom is -0.481 e. The lowest BCUT2D eigenvalue weighted by molar-refractivity contribution is -0.146. The lowest BCUT2D eigenvalue weighted by Gasteiger charge is -2.08. The van der Waals surface area contributed by atoms with Crippen molar-refractivity contribution in [3.63, 3.8) is 0 Å². The molecule has 17 heavy (non-hydrogen) atoms. The second-order valence-electron chi connectivity index (χ2n) is 5.14. The van der Waals surface area contributed by atoms with Crippen LogP contribution in [0.2, 0.25) is 0 Å².